The third-order valence-electron chi connectivity index (χ3n) is 4.17. The first-order chi connectivity index (χ1) is 11.5. The van der Waals surface area contributed by atoms with E-state index in [0.717, 1.165) is 43.1 Å². The van der Waals surface area contributed by atoms with Crippen LogP contribution in [-0.4, -0.2) is 33.5 Å². The lowest BCUT2D eigenvalue weighted by atomic mass is 10.1. The second-order valence-corrected chi connectivity index (χ2v) is 6.85. The van der Waals surface area contributed by atoms with Gasteiger partial charge in [0.15, 0.2) is 0 Å². The third-order valence-corrected chi connectivity index (χ3v) is 4.17. The first kappa shape index (κ1) is 16.8. The number of rotatable bonds is 4. The summed E-state index contributed by atoms with van der Waals surface area (Å²) in [5, 5.41) is 9.67. The van der Waals surface area contributed by atoms with Crippen LogP contribution in [0.15, 0.2) is 36.7 Å². The van der Waals surface area contributed by atoms with E-state index in [4.69, 9.17) is 4.74 Å². The van der Waals surface area contributed by atoms with Gasteiger partial charge < -0.3 is 14.4 Å². The number of imidazole rings is 1. The van der Waals surface area contributed by atoms with Gasteiger partial charge in [0.25, 0.3) is 0 Å². The van der Waals surface area contributed by atoms with Crippen molar-refractivity contribution in [1.29, 1.82) is 0 Å². The molecule has 0 saturated carbocycles. The summed E-state index contributed by atoms with van der Waals surface area (Å²) in [5.74, 6) is 7.47. The van der Waals surface area contributed by atoms with Gasteiger partial charge >= 0.3 is 0 Å². The number of ether oxygens (including phenoxy) is 1. The van der Waals surface area contributed by atoms with Crippen molar-refractivity contribution in [2.45, 2.75) is 38.8 Å². The van der Waals surface area contributed by atoms with Crippen LogP contribution in [0.1, 0.15) is 32.3 Å². The molecule has 2 aromatic rings. The Labute approximate surface area is 143 Å². The zero-order valence-corrected chi connectivity index (χ0v) is 14.3. The fraction of sp³-hybridized carbons (Fsp3) is 0.450. The highest BCUT2D eigenvalue weighted by atomic mass is 16.5. The molecule has 2 heterocycles. The van der Waals surface area contributed by atoms with Crippen molar-refractivity contribution >= 4 is 0 Å². The molecule has 24 heavy (non-hydrogen) atoms. The van der Waals surface area contributed by atoms with E-state index in [1.807, 2.05) is 36.7 Å². The molecule has 4 nitrogen and oxygen atoms in total. The molecule has 1 atom stereocenters. The summed E-state index contributed by atoms with van der Waals surface area (Å²) in [5.41, 5.74) is 0.998. The number of aromatic nitrogens is 2. The van der Waals surface area contributed by atoms with Gasteiger partial charge in [-0.1, -0.05) is 24.0 Å². The van der Waals surface area contributed by atoms with Crippen LogP contribution in [0, 0.1) is 17.8 Å². The molecule has 1 fully saturated rings. The number of aryl methyl sites for hydroxylation is 1. The van der Waals surface area contributed by atoms with Gasteiger partial charge in [-0.3, -0.25) is 0 Å². The summed E-state index contributed by atoms with van der Waals surface area (Å²) in [6.45, 7) is 6.11. The maximum absolute atomic E-state index is 9.67. The van der Waals surface area contributed by atoms with Gasteiger partial charge in [0.05, 0.1) is 0 Å². The second kappa shape index (κ2) is 7.21. The summed E-state index contributed by atoms with van der Waals surface area (Å²) in [4.78, 5) is 4.50. The van der Waals surface area contributed by atoms with Gasteiger partial charge in [-0.05, 0) is 44.7 Å². The van der Waals surface area contributed by atoms with Gasteiger partial charge in [-0.15, -0.1) is 0 Å². The zero-order chi connectivity index (χ0) is 17.0. The van der Waals surface area contributed by atoms with Crippen LogP contribution in [0.25, 0.3) is 11.4 Å². The Hall–Kier alpha value is -2.09. The van der Waals surface area contributed by atoms with E-state index in [-0.39, 0.29) is 0 Å². The first-order valence-corrected chi connectivity index (χ1v) is 8.46. The molecular weight excluding hydrogens is 300 g/mol. The Morgan fingerprint density at radius 3 is 2.79 bits per heavy atom. The van der Waals surface area contributed by atoms with Crippen LogP contribution in [0.2, 0.25) is 0 Å². The minimum Gasteiger partial charge on any atom is -0.381 e. The molecule has 1 aliphatic heterocycles. The minimum absolute atomic E-state index is 0.666. The van der Waals surface area contributed by atoms with E-state index in [2.05, 4.69) is 21.4 Å². The van der Waals surface area contributed by atoms with Crippen molar-refractivity contribution in [3.63, 3.8) is 0 Å². The van der Waals surface area contributed by atoms with Crippen molar-refractivity contribution in [2.24, 2.45) is 5.92 Å². The van der Waals surface area contributed by atoms with Crippen LogP contribution in [0.5, 0.6) is 0 Å². The van der Waals surface area contributed by atoms with Gasteiger partial charge in [0.1, 0.15) is 11.4 Å². The minimum atomic E-state index is -0.973. The smallest absolute Gasteiger partial charge is 0.139 e. The Morgan fingerprint density at radius 1 is 1.33 bits per heavy atom. The van der Waals surface area contributed by atoms with Crippen molar-refractivity contribution in [3.05, 3.63) is 42.2 Å². The summed E-state index contributed by atoms with van der Waals surface area (Å²) >= 11 is 0. The molecule has 126 valence electrons. The van der Waals surface area contributed by atoms with Crippen molar-refractivity contribution in [3.8, 4) is 23.2 Å². The molecular formula is C20H24N2O2. The lowest BCUT2D eigenvalue weighted by molar-refractivity contribution is 0.143. The average molecular weight is 324 g/mol. The second-order valence-electron chi connectivity index (χ2n) is 6.85. The predicted octanol–water partition coefficient (Wildman–Crippen LogP) is 3.10. The highest BCUT2D eigenvalue weighted by molar-refractivity contribution is 5.57. The standard InChI is InChI=1S/C20H24N2O2/c1-20(2,23)10-7-16-3-5-18(6-4-16)19-21-11-13-22(19)12-8-17-9-14-24-15-17/h3-6,11,13,17,23H,8-9,12,14-15H2,1-2H3/t17-/m1/s1. The molecule has 0 aliphatic carbocycles. The van der Waals surface area contributed by atoms with Gasteiger partial charge in [0, 0.05) is 43.3 Å². The Kier molecular flexibility index (Phi) is 5.03. The van der Waals surface area contributed by atoms with E-state index in [9.17, 15) is 5.11 Å². The van der Waals surface area contributed by atoms with Crippen LogP contribution in [0.3, 0.4) is 0 Å². The third kappa shape index (κ3) is 4.47. The van der Waals surface area contributed by atoms with Crippen molar-refractivity contribution in [2.75, 3.05) is 13.2 Å². The van der Waals surface area contributed by atoms with Crippen molar-refractivity contribution in [1.82, 2.24) is 9.55 Å². The van der Waals surface area contributed by atoms with Crippen LogP contribution in [0.4, 0.5) is 0 Å². The van der Waals surface area contributed by atoms with Crippen molar-refractivity contribution < 1.29 is 9.84 Å². The van der Waals surface area contributed by atoms with Crippen LogP contribution < -0.4 is 0 Å². The molecule has 3 rings (SSSR count). The SMILES string of the molecule is CC(C)(O)C#Cc1ccc(-c2nccn2CC[C@@H]2CCOC2)cc1. The maximum atomic E-state index is 9.67. The van der Waals surface area contributed by atoms with E-state index in [1.165, 1.54) is 6.42 Å². The van der Waals surface area contributed by atoms with Crippen LogP contribution >= 0.6 is 0 Å². The molecule has 1 N–H and O–H groups in total. The molecule has 0 bridgehead atoms. The van der Waals surface area contributed by atoms with Gasteiger partial charge in [-0.25, -0.2) is 4.98 Å². The number of hydrogen-bond acceptors (Lipinski definition) is 3. The average Bonchev–Trinajstić information content (AvgIpc) is 3.22. The van der Waals surface area contributed by atoms with Crippen LogP contribution in [-0.2, 0) is 11.3 Å². The van der Waals surface area contributed by atoms with E-state index < -0.39 is 5.60 Å². The van der Waals surface area contributed by atoms with E-state index in [1.54, 1.807) is 13.8 Å². The highest BCUT2D eigenvalue weighted by Gasteiger charge is 2.16. The molecule has 1 aromatic carbocycles. The monoisotopic (exact) mass is 324 g/mol. The number of hydrogen-bond donors (Lipinski definition) is 1. The van der Waals surface area contributed by atoms with E-state index in [0.29, 0.717) is 5.92 Å². The Morgan fingerprint density at radius 2 is 2.12 bits per heavy atom. The molecule has 0 spiro atoms. The number of benzene rings is 1. The molecule has 4 heteroatoms. The van der Waals surface area contributed by atoms with E-state index >= 15 is 0 Å². The summed E-state index contributed by atoms with van der Waals surface area (Å²) in [7, 11) is 0. The first-order valence-electron chi connectivity index (χ1n) is 8.46. The maximum Gasteiger partial charge on any atom is 0.139 e. The Bertz CT molecular complexity index is 723. The Balaban J connectivity index is 1.70. The molecule has 0 unspecified atom stereocenters. The van der Waals surface area contributed by atoms with Gasteiger partial charge in [0.2, 0.25) is 0 Å². The summed E-state index contributed by atoms with van der Waals surface area (Å²) in [6.07, 6.45) is 6.17. The quantitative estimate of drug-likeness (QED) is 0.879. The van der Waals surface area contributed by atoms with Gasteiger partial charge in [-0.2, -0.15) is 0 Å². The predicted molar refractivity (Wildman–Crippen MR) is 94.4 cm³/mol. The number of aliphatic hydroxyl groups is 1. The number of nitrogens with zero attached hydrogens (tertiary/aromatic N) is 2. The molecule has 1 saturated heterocycles. The molecule has 1 aromatic heterocycles. The topological polar surface area (TPSA) is 47.3 Å². The normalized spacial score (nSPS) is 17.5. The lowest BCUT2D eigenvalue weighted by Gasteiger charge is -2.11. The lowest BCUT2D eigenvalue weighted by Crippen LogP contribution is -2.14. The molecule has 0 radical (unpaired) electrons. The highest BCUT2D eigenvalue weighted by Crippen LogP contribution is 2.21. The fourth-order valence-corrected chi connectivity index (χ4v) is 2.81. The molecule has 0 amide bonds. The summed E-state index contributed by atoms with van der Waals surface area (Å²) in [6, 6.07) is 8.01. The largest absolute Gasteiger partial charge is 0.381 e. The molecule has 1 aliphatic rings. The summed E-state index contributed by atoms with van der Waals surface area (Å²) < 4.78 is 7.65. The zero-order valence-electron chi connectivity index (χ0n) is 14.3. The fourth-order valence-electron chi connectivity index (χ4n) is 2.81.